The van der Waals surface area contributed by atoms with E-state index in [1.807, 2.05) is 13.0 Å². The first-order valence-corrected chi connectivity index (χ1v) is 12.1. The second-order valence-corrected chi connectivity index (χ2v) is 9.34. The van der Waals surface area contributed by atoms with Gasteiger partial charge in [-0.25, -0.2) is 9.18 Å². The fourth-order valence-electron chi connectivity index (χ4n) is 4.99. The molecule has 1 saturated carbocycles. The Hall–Kier alpha value is -2.03. The number of Topliss-reactive ketones (excluding diaryl/α,β-unsaturated/α-hetero) is 1. The first-order valence-electron chi connectivity index (χ1n) is 12.1. The number of halogens is 1. The predicted molar refractivity (Wildman–Crippen MR) is 125 cm³/mol. The smallest absolute Gasteiger partial charge is 0.317 e. The Labute approximate surface area is 196 Å². The molecule has 184 valence electrons. The molecule has 3 atom stereocenters. The number of likely N-dealkylation sites (tertiary alicyclic amines) is 1. The Morgan fingerprint density at radius 3 is 2.58 bits per heavy atom. The molecule has 2 amide bonds. The van der Waals surface area contributed by atoms with Crippen LogP contribution < -0.4 is 11.1 Å². The number of urea groups is 1. The molecule has 0 spiro atoms. The Bertz CT molecular complexity index is 772. The highest BCUT2D eigenvalue weighted by atomic mass is 19.1. The predicted octanol–water partition coefficient (Wildman–Crippen LogP) is 3.52. The molecule has 0 radical (unpaired) electrons. The molecule has 8 heteroatoms. The molecule has 1 saturated heterocycles. The van der Waals surface area contributed by atoms with Crippen LogP contribution in [0, 0.1) is 0 Å². The van der Waals surface area contributed by atoms with Crippen molar-refractivity contribution in [1.29, 1.82) is 0 Å². The number of piperidine rings is 1. The number of nitrogens with two attached hydrogens (primary N) is 1. The molecular formula is C25H38FN3O4. The van der Waals surface area contributed by atoms with Gasteiger partial charge in [0.05, 0.1) is 30.9 Å². The number of ether oxygens (including phenoxy) is 2. The maximum absolute atomic E-state index is 13.9. The van der Waals surface area contributed by atoms with Gasteiger partial charge in [0, 0.05) is 20.0 Å². The first kappa shape index (κ1) is 25.6. The van der Waals surface area contributed by atoms with Gasteiger partial charge in [-0.15, -0.1) is 0 Å². The van der Waals surface area contributed by atoms with Crippen LogP contribution in [0.1, 0.15) is 63.9 Å². The fourth-order valence-corrected chi connectivity index (χ4v) is 4.99. The molecular weight excluding hydrogens is 425 g/mol. The number of alkyl halides is 1. The molecule has 3 rings (SSSR count). The summed E-state index contributed by atoms with van der Waals surface area (Å²) in [5.41, 5.74) is 7.06. The average molecular weight is 464 g/mol. The largest absolute Gasteiger partial charge is 0.376 e. The van der Waals surface area contributed by atoms with Gasteiger partial charge in [0.2, 0.25) is 0 Å². The Balaban J connectivity index is 1.63. The molecule has 1 aromatic rings. The zero-order chi connectivity index (χ0) is 23.8. The third kappa shape index (κ3) is 6.74. The Kier molecular flexibility index (Phi) is 9.23. The summed E-state index contributed by atoms with van der Waals surface area (Å²) in [4.78, 5) is 25.7. The lowest BCUT2D eigenvalue weighted by Crippen LogP contribution is -2.68. The number of ketones is 1. The highest BCUT2D eigenvalue weighted by Gasteiger charge is 2.45. The highest BCUT2D eigenvalue weighted by molar-refractivity contribution is 5.78. The van der Waals surface area contributed by atoms with Crippen molar-refractivity contribution in [2.75, 3.05) is 26.3 Å². The monoisotopic (exact) mass is 463 g/mol. The van der Waals surface area contributed by atoms with Crippen molar-refractivity contribution in [1.82, 2.24) is 10.2 Å². The zero-order valence-electron chi connectivity index (χ0n) is 19.8. The number of rotatable bonds is 9. The van der Waals surface area contributed by atoms with E-state index in [1.54, 1.807) is 4.90 Å². The zero-order valence-corrected chi connectivity index (χ0v) is 19.8. The Morgan fingerprint density at radius 2 is 1.94 bits per heavy atom. The number of hydrogen-bond acceptors (Lipinski definition) is 5. The molecule has 3 unspecified atom stereocenters. The average Bonchev–Trinajstić information content (AvgIpc) is 2.82. The van der Waals surface area contributed by atoms with Crippen molar-refractivity contribution in [3.63, 3.8) is 0 Å². The van der Waals surface area contributed by atoms with Crippen LogP contribution in [0.4, 0.5) is 9.18 Å². The van der Waals surface area contributed by atoms with Gasteiger partial charge in [0.25, 0.3) is 6.36 Å². The summed E-state index contributed by atoms with van der Waals surface area (Å²) in [5, 5.41) is 2.83. The lowest BCUT2D eigenvalue weighted by Gasteiger charge is -2.48. The molecule has 1 heterocycles. The van der Waals surface area contributed by atoms with Gasteiger partial charge in [0.15, 0.2) is 5.78 Å². The van der Waals surface area contributed by atoms with Crippen LogP contribution in [0.25, 0.3) is 0 Å². The van der Waals surface area contributed by atoms with Crippen LogP contribution in [-0.2, 0) is 14.3 Å². The van der Waals surface area contributed by atoms with E-state index in [9.17, 15) is 14.0 Å². The molecule has 0 aromatic heterocycles. The molecule has 2 aliphatic rings. The van der Waals surface area contributed by atoms with Gasteiger partial charge in [-0.1, -0.05) is 30.3 Å². The van der Waals surface area contributed by atoms with E-state index < -0.39 is 23.7 Å². The lowest BCUT2D eigenvalue weighted by atomic mass is 9.81. The van der Waals surface area contributed by atoms with Crippen molar-refractivity contribution >= 4 is 11.8 Å². The van der Waals surface area contributed by atoms with Crippen LogP contribution in [0.5, 0.6) is 0 Å². The van der Waals surface area contributed by atoms with Crippen LogP contribution in [0.15, 0.2) is 30.3 Å². The maximum Gasteiger partial charge on any atom is 0.317 e. The molecule has 7 nitrogen and oxygen atoms in total. The number of benzene rings is 1. The third-order valence-electron chi connectivity index (χ3n) is 6.92. The minimum absolute atomic E-state index is 0.0966. The normalized spacial score (nSPS) is 28.8. The number of hydrogen-bond donors (Lipinski definition) is 2. The fraction of sp³-hybridized carbons (Fsp3) is 0.680. The van der Waals surface area contributed by atoms with Crippen molar-refractivity contribution in [2.24, 2.45) is 5.73 Å². The SMILES string of the molecule is CCNC(=O)N1CCCC(N)(COC(F)C(C)=O)C1COC1CCC(c2ccccc2)CC1. The Morgan fingerprint density at radius 1 is 1.24 bits per heavy atom. The van der Waals surface area contributed by atoms with Gasteiger partial charge in [-0.05, 0) is 56.9 Å². The molecule has 1 aliphatic heterocycles. The second-order valence-electron chi connectivity index (χ2n) is 9.34. The van der Waals surface area contributed by atoms with Crippen LogP contribution >= 0.6 is 0 Å². The summed E-state index contributed by atoms with van der Waals surface area (Å²) < 4.78 is 25.3. The standard InChI is InChI=1S/C25H38FN3O4/c1-3-28-24(31)29-15-7-14-25(27,17-33-23(26)18(2)30)22(29)16-32-21-12-10-20(11-13-21)19-8-5-4-6-9-19/h4-6,8-9,20-23H,3,7,10-17,27H2,1-2H3,(H,28,31). The van der Waals surface area contributed by atoms with Gasteiger partial charge in [0.1, 0.15) is 0 Å². The molecule has 1 aromatic carbocycles. The van der Waals surface area contributed by atoms with Crippen LogP contribution in [0.3, 0.4) is 0 Å². The lowest BCUT2D eigenvalue weighted by molar-refractivity contribution is -0.145. The number of carbonyl (C=O) groups is 2. The maximum atomic E-state index is 13.9. The number of amides is 2. The van der Waals surface area contributed by atoms with E-state index in [2.05, 4.69) is 29.6 Å². The third-order valence-corrected chi connectivity index (χ3v) is 6.92. The van der Waals surface area contributed by atoms with Gasteiger partial charge in [-0.3, -0.25) is 4.79 Å². The molecule has 1 aliphatic carbocycles. The molecule has 2 fully saturated rings. The van der Waals surface area contributed by atoms with Crippen molar-refractivity contribution in [3.8, 4) is 0 Å². The van der Waals surface area contributed by atoms with E-state index in [-0.39, 0.29) is 25.3 Å². The summed E-state index contributed by atoms with van der Waals surface area (Å²) >= 11 is 0. The topological polar surface area (TPSA) is 93.9 Å². The van der Waals surface area contributed by atoms with Crippen molar-refractivity contribution in [2.45, 2.75) is 82.3 Å². The molecule has 3 N–H and O–H groups in total. The van der Waals surface area contributed by atoms with Crippen molar-refractivity contribution < 1.29 is 23.5 Å². The van der Waals surface area contributed by atoms with E-state index in [4.69, 9.17) is 15.2 Å². The van der Waals surface area contributed by atoms with Crippen LogP contribution in [-0.4, -0.2) is 67.1 Å². The van der Waals surface area contributed by atoms with E-state index in [1.165, 1.54) is 5.56 Å². The van der Waals surface area contributed by atoms with Gasteiger partial charge >= 0.3 is 6.03 Å². The van der Waals surface area contributed by atoms with Crippen LogP contribution in [0.2, 0.25) is 0 Å². The van der Waals surface area contributed by atoms with Gasteiger partial charge < -0.3 is 25.4 Å². The number of nitrogens with zero attached hydrogens (tertiary/aromatic N) is 1. The number of nitrogens with one attached hydrogen (secondary N) is 1. The summed E-state index contributed by atoms with van der Waals surface area (Å²) in [7, 11) is 0. The first-order chi connectivity index (χ1) is 15.8. The highest BCUT2D eigenvalue weighted by Crippen LogP contribution is 2.35. The minimum atomic E-state index is -2.01. The van der Waals surface area contributed by atoms with Gasteiger partial charge in [-0.2, -0.15) is 0 Å². The number of carbonyl (C=O) groups excluding carboxylic acids is 2. The summed E-state index contributed by atoms with van der Waals surface area (Å²) in [6.07, 6.45) is 3.31. The van der Waals surface area contributed by atoms with E-state index in [0.717, 1.165) is 32.6 Å². The summed E-state index contributed by atoms with van der Waals surface area (Å²) in [6.45, 7) is 4.15. The van der Waals surface area contributed by atoms with Crippen molar-refractivity contribution in [3.05, 3.63) is 35.9 Å². The quantitative estimate of drug-likeness (QED) is 0.584. The minimum Gasteiger partial charge on any atom is -0.376 e. The van der Waals surface area contributed by atoms with E-state index >= 15 is 0 Å². The second kappa shape index (κ2) is 11.9. The summed E-state index contributed by atoms with van der Waals surface area (Å²) in [6, 6.07) is 9.87. The molecule has 0 bridgehead atoms. The van der Waals surface area contributed by atoms with E-state index in [0.29, 0.717) is 31.8 Å². The summed E-state index contributed by atoms with van der Waals surface area (Å²) in [5.74, 6) is -0.152. The molecule has 33 heavy (non-hydrogen) atoms.